The van der Waals surface area contributed by atoms with Crippen molar-refractivity contribution in [3.63, 3.8) is 0 Å². The van der Waals surface area contributed by atoms with Crippen LogP contribution in [0.5, 0.6) is 0 Å². The molecule has 1 amide bonds. The fraction of sp³-hybridized carbons (Fsp3) is 0.750. The smallest absolute Gasteiger partial charge is 0.272 e. The van der Waals surface area contributed by atoms with Gasteiger partial charge in [-0.3, -0.25) is 14.8 Å². The second-order valence-corrected chi connectivity index (χ2v) is 6.85. The molecule has 23 heavy (non-hydrogen) atoms. The lowest BCUT2D eigenvalue weighted by atomic mass is 10.1. The summed E-state index contributed by atoms with van der Waals surface area (Å²) >= 11 is 0. The lowest BCUT2D eigenvalue weighted by Gasteiger charge is -2.26. The van der Waals surface area contributed by atoms with Crippen molar-refractivity contribution < 1.29 is 4.79 Å². The van der Waals surface area contributed by atoms with Gasteiger partial charge in [-0.15, -0.1) is 12.4 Å². The third kappa shape index (κ3) is 4.25. The first-order valence-electron chi connectivity index (χ1n) is 8.44. The number of H-pyrrole nitrogens is 1. The van der Waals surface area contributed by atoms with Gasteiger partial charge in [-0.05, 0) is 25.3 Å². The highest BCUT2D eigenvalue weighted by Crippen LogP contribution is 2.19. The molecule has 1 atom stereocenters. The van der Waals surface area contributed by atoms with Gasteiger partial charge >= 0.3 is 0 Å². The van der Waals surface area contributed by atoms with Crippen LogP contribution in [0.2, 0.25) is 0 Å². The number of nitrogens with zero attached hydrogens (tertiary/aromatic N) is 2. The molecule has 0 aliphatic carbocycles. The summed E-state index contributed by atoms with van der Waals surface area (Å²) < 4.78 is 0. The van der Waals surface area contributed by atoms with E-state index in [0.29, 0.717) is 17.7 Å². The number of hydrogen-bond donors (Lipinski definition) is 3. The van der Waals surface area contributed by atoms with Crippen LogP contribution in [0.4, 0.5) is 0 Å². The van der Waals surface area contributed by atoms with Crippen molar-refractivity contribution in [3.8, 4) is 0 Å². The number of rotatable bonds is 5. The summed E-state index contributed by atoms with van der Waals surface area (Å²) in [5.74, 6) is 0.623. The summed E-state index contributed by atoms with van der Waals surface area (Å²) in [7, 11) is 0. The zero-order valence-corrected chi connectivity index (χ0v) is 14.8. The van der Waals surface area contributed by atoms with E-state index in [4.69, 9.17) is 0 Å². The molecule has 3 heterocycles. The van der Waals surface area contributed by atoms with Crippen LogP contribution >= 0.6 is 12.4 Å². The Labute approximate surface area is 144 Å². The molecule has 1 aromatic rings. The average Bonchev–Trinajstić information content (AvgIpc) is 3.11. The monoisotopic (exact) mass is 341 g/mol. The second-order valence-electron chi connectivity index (χ2n) is 6.85. The van der Waals surface area contributed by atoms with Crippen LogP contribution in [0.3, 0.4) is 0 Å². The van der Waals surface area contributed by atoms with Crippen molar-refractivity contribution in [2.75, 3.05) is 26.2 Å². The number of aromatic amines is 1. The topological polar surface area (TPSA) is 73.0 Å². The van der Waals surface area contributed by atoms with Gasteiger partial charge in [-0.25, -0.2) is 0 Å². The summed E-state index contributed by atoms with van der Waals surface area (Å²) in [6.45, 7) is 9.16. The average molecular weight is 342 g/mol. The highest BCUT2D eigenvalue weighted by atomic mass is 35.5. The summed E-state index contributed by atoms with van der Waals surface area (Å²) in [5.41, 5.74) is 2.70. The zero-order valence-electron chi connectivity index (χ0n) is 14.0. The Bertz CT molecular complexity index is 531. The number of likely N-dealkylation sites (tertiary alicyclic amines) is 1. The van der Waals surface area contributed by atoms with Crippen LogP contribution in [0.25, 0.3) is 0 Å². The molecule has 0 bridgehead atoms. The fourth-order valence-corrected chi connectivity index (χ4v) is 3.54. The molecule has 6 nitrogen and oxygen atoms in total. The Kier molecular flexibility index (Phi) is 6.44. The molecule has 3 rings (SSSR count). The van der Waals surface area contributed by atoms with Gasteiger partial charge < -0.3 is 10.6 Å². The van der Waals surface area contributed by atoms with E-state index in [0.717, 1.165) is 50.4 Å². The normalized spacial score (nSPS) is 21.1. The molecule has 0 saturated carbocycles. The third-order valence-corrected chi connectivity index (χ3v) is 4.62. The Balaban J connectivity index is 0.00000192. The fourth-order valence-electron chi connectivity index (χ4n) is 3.54. The van der Waals surface area contributed by atoms with Crippen LogP contribution in [0.15, 0.2) is 0 Å². The van der Waals surface area contributed by atoms with Gasteiger partial charge in [0.1, 0.15) is 0 Å². The molecule has 3 N–H and O–H groups in total. The van der Waals surface area contributed by atoms with E-state index in [9.17, 15) is 4.79 Å². The lowest BCUT2D eigenvalue weighted by Crippen LogP contribution is -2.42. The van der Waals surface area contributed by atoms with Crippen molar-refractivity contribution in [1.82, 2.24) is 25.7 Å². The van der Waals surface area contributed by atoms with Crippen LogP contribution < -0.4 is 10.6 Å². The van der Waals surface area contributed by atoms with Crippen molar-refractivity contribution in [2.24, 2.45) is 5.92 Å². The van der Waals surface area contributed by atoms with Crippen LogP contribution in [0, 0.1) is 5.92 Å². The SMILES string of the molecule is CC(C)CN1CCC[C@@H]1CNC(=O)c1n[nH]c2c1CNCC2.Cl. The van der Waals surface area contributed by atoms with Gasteiger partial charge in [0.2, 0.25) is 0 Å². The molecule has 1 saturated heterocycles. The van der Waals surface area contributed by atoms with Gasteiger partial charge in [0.05, 0.1) is 0 Å². The predicted molar refractivity (Wildman–Crippen MR) is 93.0 cm³/mol. The maximum atomic E-state index is 12.4. The summed E-state index contributed by atoms with van der Waals surface area (Å²) in [4.78, 5) is 14.9. The summed E-state index contributed by atoms with van der Waals surface area (Å²) in [6, 6.07) is 0.472. The maximum Gasteiger partial charge on any atom is 0.272 e. The van der Waals surface area contributed by atoms with E-state index in [2.05, 4.69) is 39.6 Å². The maximum absolute atomic E-state index is 12.4. The molecule has 0 spiro atoms. The Morgan fingerprint density at radius 2 is 2.30 bits per heavy atom. The first kappa shape index (κ1) is 18.2. The molecule has 7 heteroatoms. The number of hydrogen-bond acceptors (Lipinski definition) is 4. The van der Waals surface area contributed by atoms with Gasteiger partial charge in [-0.2, -0.15) is 5.10 Å². The molecular formula is C16H28ClN5O. The molecule has 0 unspecified atom stereocenters. The van der Waals surface area contributed by atoms with Gasteiger partial charge in [-0.1, -0.05) is 13.8 Å². The van der Waals surface area contributed by atoms with E-state index in [1.165, 1.54) is 12.8 Å². The molecule has 1 fully saturated rings. The Morgan fingerprint density at radius 1 is 1.48 bits per heavy atom. The number of aromatic nitrogens is 2. The third-order valence-electron chi connectivity index (χ3n) is 4.62. The van der Waals surface area contributed by atoms with Gasteiger partial charge in [0.25, 0.3) is 5.91 Å². The van der Waals surface area contributed by atoms with Crippen molar-refractivity contribution >= 4 is 18.3 Å². The van der Waals surface area contributed by atoms with Gasteiger partial charge in [0.15, 0.2) is 5.69 Å². The van der Waals surface area contributed by atoms with E-state index in [1.54, 1.807) is 0 Å². The lowest BCUT2D eigenvalue weighted by molar-refractivity contribution is 0.0933. The number of amides is 1. The Morgan fingerprint density at radius 3 is 3.09 bits per heavy atom. The summed E-state index contributed by atoms with van der Waals surface area (Å²) in [6.07, 6.45) is 3.32. The standard InChI is InChI=1S/C16H27N5O.ClH/c1-11(2)10-21-7-3-4-12(21)8-18-16(22)15-13-9-17-6-5-14(13)19-20-15;/h11-12,17H,3-10H2,1-2H3,(H,18,22)(H,19,20);1H/t12-;/m1./s1. The summed E-state index contributed by atoms with van der Waals surface area (Å²) in [5, 5.41) is 13.6. The molecular weight excluding hydrogens is 314 g/mol. The molecule has 0 aromatic carbocycles. The van der Waals surface area contributed by atoms with Crippen molar-refractivity contribution in [1.29, 1.82) is 0 Å². The van der Waals surface area contributed by atoms with Crippen molar-refractivity contribution in [3.05, 3.63) is 17.0 Å². The highest BCUT2D eigenvalue weighted by Gasteiger charge is 2.27. The minimum absolute atomic E-state index is 0. The van der Waals surface area contributed by atoms with E-state index >= 15 is 0 Å². The molecule has 2 aliphatic rings. The van der Waals surface area contributed by atoms with Crippen LogP contribution in [-0.2, 0) is 13.0 Å². The number of nitrogens with one attached hydrogen (secondary N) is 3. The minimum atomic E-state index is -0.0439. The predicted octanol–water partition coefficient (Wildman–Crippen LogP) is 1.33. The number of halogens is 1. The first-order valence-corrected chi connectivity index (χ1v) is 8.44. The number of carbonyl (C=O) groups is 1. The van der Waals surface area contributed by atoms with E-state index in [1.807, 2.05) is 0 Å². The van der Waals surface area contributed by atoms with Gasteiger partial charge in [0, 0.05) is 49.9 Å². The quantitative estimate of drug-likeness (QED) is 0.755. The zero-order chi connectivity index (χ0) is 15.5. The molecule has 1 aromatic heterocycles. The first-order chi connectivity index (χ1) is 10.6. The molecule has 130 valence electrons. The largest absolute Gasteiger partial charge is 0.349 e. The number of fused-ring (bicyclic) bond motifs is 1. The molecule has 0 radical (unpaired) electrons. The van der Waals surface area contributed by atoms with E-state index < -0.39 is 0 Å². The van der Waals surface area contributed by atoms with Crippen LogP contribution in [0.1, 0.15) is 48.4 Å². The second kappa shape index (κ2) is 8.13. The Hall–Kier alpha value is -1.11. The minimum Gasteiger partial charge on any atom is -0.349 e. The highest BCUT2D eigenvalue weighted by molar-refractivity contribution is 5.94. The van der Waals surface area contributed by atoms with E-state index in [-0.39, 0.29) is 18.3 Å². The molecule has 2 aliphatic heterocycles. The van der Waals surface area contributed by atoms with Crippen molar-refractivity contribution in [2.45, 2.75) is 45.7 Å². The van der Waals surface area contributed by atoms with Crippen LogP contribution in [-0.4, -0.2) is 53.2 Å². The number of carbonyl (C=O) groups excluding carboxylic acids is 1.